The van der Waals surface area contributed by atoms with E-state index in [0.717, 1.165) is 11.1 Å². The van der Waals surface area contributed by atoms with Crippen LogP contribution in [-0.2, 0) is 17.0 Å². The van der Waals surface area contributed by atoms with Gasteiger partial charge in [-0.25, -0.2) is 0 Å². The molecule has 7 heteroatoms. The van der Waals surface area contributed by atoms with E-state index in [4.69, 9.17) is 5.73 Å². The van der Waals surface area contributed by atoms with Gasteiger partial charge in [-0.1, -0.05) is 29.4 Å². The summed E-state index contributed by atoms with van der Waals surface area (Å²) in [6.07, 6.45) is 0. The Hall–Kier alpha value is -1.36. The van der Waals surface area contributed by atoms with Gasteiger partial charge in [-0.2, -0.15) is 8.42 Å². The van der Waals surface area contributed by atoms with Gasteiger partial charge < -0.3 is 9.92 Å². The number of rotatable bonds is 3. The van der Waals surface area contributed by atoms with E-state index in [1.165, 1.54) is 0 Å². The third kappa shape index (κ3) is 4.56. The summed E-state index contributed by atoms with van der Waals surface area (Å²) in [6, 6.07) is 0. The molecule has 0 aromatic heterocycles. The van der Waals surface area contributed by atoms with Crippen molar-refractivity contribution in [3.8, 4) is 17.2 Å². The van der Waals surface area contributed by atoms with Gasteiger partial charge in [0.05, 0.1) is 0 Å². The van der Waals surface area contributed by atoms with E-state index in [1.807, 2.05) is 6.92 Å². The minimum absolute atomic E-state index is 0.0200. The van der Waals surface area contributed by atoms with Crippen molar-refractivity contribution in [2.24, 2.45) is 5.73 Å². The molecule has 22 heavy (non-hydrogen) atoms. The molecule has 122 valence electrons. The third-order valence-corrected chi connectivity index (χ3v) is 4.53. The van der Waals surface area contributed by atoms with Gasteiger partial charge in [0.25, 0.3) is 0 Å². The van der Waals surface area contributed by atoms with Gasteiger partial charge >= 0.3 is 10.5 Å². The van der Waals surface area contributed by atoms with Crippen LogP contribution in [0.2, 0.25) is 19.6 Å². The average Bonchev–Trinajstić information content (AvgIpc) is 2.32. The maximum Gasteiger partial charge on any atom is 0.488 e. The zero-order valence-corrected chi connectivity index (χ0v) is 15.6. The highest BCUT2D eigenvalue weighted by molar-refractivity contribution is 7.81. The van der Waals surface area contributed by atoms with Crippen molar-refractivity contribution in [2.75, 3.05) is 0 Å². The summed E-state index contributed by atoms with van der Waals surface area (Å²) in [4.78, 5) is 0. The smallest absolute Gasteiger partial charge is 0.358 e. The minimum atomic E-state index is -5.10. The molecule has 0 aliphatic rings. The summed E-state index contributed by atoms with van der Waals surface area (Å²) >= 11 is 0. The van der Waals surface area contributed by atoms with E-state index in [0.29, 0.717) is 16.7 Å². The van der Waals surface area contributed by atoms with Gasteiger partial charge in [0.1, 0.15) is 8.07 Å². The van der Waals surface area contributed by atoms with Crippen molar-refractivity contribution in [1.82, 2.24) is 0 Å². The Balaban J connectivity index is 3.70. The molecular formula is C15H22FNO3SSi. The van der Waals surface area contributed by atoms with Crippen molar-refractivity contribution in [3.63, 3.8) is 0 Å². The lowest BCUT2D eigenvalue weighted by Gasteiger charge is -2.18. The molecule has 2 N–H and O–H groups in total. The summed E-state index contributed by atoms with van der Waals surface area (Å²) in [5.41, 5.74) is 12.3. The van der Waals surface area contributed by atoms with Crippen LogP contribution in [0.25, 0.3) is 0 Å². The highest BCUT2D eigenvalue weighted by Crippen LogP contribution is 2.33. The zero-order chi connectivity index (χ0) is 17.3. The van der Waals surface area contributed by atoms with E-state index in [1.54, 1.807) is 13.8 Å². The molecule has 0 aliphatic carbocycles. The third-order valence-electron chi connectivity index (χ3n) is 3.29. The lowest BCUT2D eigenvalue weighted by molar-refractivity contribution is 0.436. The quantitative estimate of drug-likeness (QED) is 0.520. The molecule has 1 rings (SSSR count). The fraction of sp³-hybridized carbons (Fsp3) is 0.467. The van der Waals surface area contributed by atoms with Crippen LogP contribution in [0.15, 0.2) is 0 Å². The molecule has 4 nitrogen and oxygen atoms in total. The normalized spacial score (nSPS) is 11.8. The van der Waals surface area contributed by atoms with Crippen LogP contribution in [0, 0.1) is 32.2 Å². The standard InChI is InChI=1S/C15H22FNO3SSi/c1-10-13(7-8-22(4,5)6)11(2)15(20-21(16,18)19)12(3)14(10)9-17/h9,17H2,1-6H3. The van der Waals surface area contributed by atoms with Gasteiger partial charge in [0, 0.05) is 17.7 Å². The number of hydrogen-bond donors (Lipinski definition) is 1. The molecule has 0 atom stereocenters. The fourth-order valence-corrected chi connectivity index (χ4v) is 3.16. The summed E-state index contributed by atoms with van der Waals surface area (Å²) < 4.78 is 39.2. The lowest BCUT2D eigenvalue weighted by atomic mass is 9.92. The van der Waals surface area contributed by atoms with Crippen molar-refractivity contribution in [2.45, 2.75) is 47.0 Å². The Bertz CT molecular complexity index is 756. The Morgan fingerprint density at radius 3 is 2.09 bits per heavy atom. The van der Waals surface area contributed by atoms with Gasteiger partial charge in [-0.15, -0.1) is 5.54 Å². The Morgan fingerprint density at radius 1 is 1.14 bits per heavy atom. The van der Waals surface area contributed by atoms with Gasteiger partial charge in [-0.05, 0) is 37.5 Å². The molecule has 0 bridgehead atoms. The largest absolute Gasteiger partial charge is 0.488 e. The molecule has 0 radical (unpaired) electrons. The first-order valence-electron chi connectivity index (χ1n) is 6.87. The molecule has 0 saturated heterocycles. The molecule has 0 heterocycles. The maximum absolute atomic E-state index is 13.0. The Morgan fingerprint density at radius 2 is 1.68 bits per heavy atom. The molecule has 1 aromatic rings. The van der Waals surface area contributed by atoms with Crippen LogP contribution in [0.3, 0.4) is 0 Å². The molecule has 1 aromatic carbocycles. The molecule has 0 amide bonds. The zero-order valence-electron chi connectivity index (χ0n) is 13.8. The topological polar surface area (TPSA) is 69.4 Å². The number of hydrogen-bond acceptors (Lipinski definition) is 4. The monoisotopic (exact) mass is 343 g/mol. The van der Waals surface area contributed by atoms with E-state index in [9.17, 15) is 12.3 Å². The van der Waals surface area contributed by atoms with Crippen molar-refractivity contribution >= 4 is 18.6 Å². The lowest BCUT2D eigenvalue weighted by Crippen LogP contribution is -2.17. The van der Waals surface area contributed by atoms with E-state index in [2.05, 4.69) is 35.3 Å². The van der Waals surface area contributed by atoms with Crippen LogP contribution in [0.1, 0.15) is 27.8 Å². The molecule has 0 aliphatic heterocycles. The second-order valence-electron chi connectivity index (χ2n) is 6.24. The highest BCUT2D eigenvalue weighted by Gasteiger charge is 2.21. The van der Waals surface area contributed by atoms with E-state index >= 15 is 0 Å². The Kier molecular flexibility index (Phi) is 5.44. The summed E-state index contributed by atoms with van der Waals surface area (Å²) in [7, 11) is -6.72. The predicted molar refractivity (Wildman–Crippen MR) is 89.4 cm³/mol. The van der Waals surface area contributed by atoms with Crippen LogP contribution in [-0.4, -0.2) is 16.5 Å². The van der Waals surface area contributed by atoms with Gasteiger partial charge in [0.2, 0.25) is 0 Å². The summed E-state index contributed by atoms with van der Waals surface area (Å²) in [5.74, 6) is 3.09. The first kappa shape index (κ1) is 18.7. The van der Waals surface area contributed by atoms with Gasteiger partial charge in [0.15, 0.2) is 5.75 Å². The van der Waals surface area contributed by atoms with Crippen LogP contribution in [0.5, 0.6) is 5.75 Å². The molecule has 0 saturated carbocycles. The van der Waals surface area contributed by atoms with E-state index < -0.39 is 18.6 Å². The summed E-state index contributed by atoms with van der Waals surface area (Å²) in [5, 5.41) is 0. The molecule has 0 spiro atoms. The first-order valence-corrected chi connectivity index (χ1v) is 11.7. The van der Waals surface area contributed by atoms with E-state index in [-0.39, 0.29) is 12.3 Å². The first-order chi connectivity index (χ1) is 9.87. The van der Waals surface area contributed by atoms with Crippen LogP contribution in [0.4, 0.5) is 3.89 Å². The van der Waals surface area contributed by atoms with Crippen LogP contribution >= 0.6 is 0 Å². The second-order valence-corrected chi connectivity index (χ2v) is 11.9. The number of nitrogens with two attached hydrogens (primary N) is 1. The van der Waals surface area contributed by atoms with Crippen LogP contribution < -0.4 is 9.92 Å². The fourth-order valence-electron chi connectivity index (χ4n) is 2.21. The average molecular weight is 343 g/mol. The Labute approximate surface area is 133 Å². The molecule has 0 unspecified atom stereocenters. The van der Waals surface area contributed by atoms with Crippen molar-refractivity contribution < 1.29 is 16.5 Å². The predicted octanol–water partition coefficient (Wildman–Crippen LogP) is 2.89. The second kappa shape index (κ2) is 6.40. The summed E-state index contributed by atoms with van der Waals surface area (Å²) in [6.45, 7) is 11.7. The molecular weight excluding hydrogens is 321 g/mol. The van der Waals surface area contributed by atoms with Crippen molar-refractivity contribution in [1.29, 1.82) is 0 Å². The number of halogens is 1. The minimum Gasteiger partial charge on any atom is -0.358 e. The SMILES string of the molecule is Cc1c(C#C[Si](C)(C)C)c(C)c(OS(=O)(=O)F)c(C)c1CN. The van der Waals surface area contributed by atoms with Crippen molar-refractivity contribution in [3.05, 3.63) is 27.8 Å². The molecule has 0 fully saturated rings. The maximum atomic E-state index is 13.0. The number of benzene rings is 1. The highest BCUT2D eigenvalue weighted by atomic mass is 32.3. The van der Waals surface area contributed by atoms with Gasteiger partial charge in [-0.3, -0.25) is 0 Å².